The highest BCUT2D eigenvalue weighted by atomic mass is 16.5. The Morgan fingerprint density at radius 2 is 1.90 bits per heavy atom. The predicted octanol–water partition coefficient (Wildman–Crippen LogP) is 3.69. The minimum atomic E-state index is -0.109. The van der Waals surface area contributed by atoms with Gasteiger partial charge in [0.05, 0.1) is 12.2 Å². The third kappa shape index (κ3) is 6.92. The van der Waals surface area contributed by atoms with Crippen molar-refractivity contribution in [2.24, 2.45) is 0 Å². The van der Waals surface area contributed by atoms with Crippen molar-refractivity contribution in [2.45, 2.75) is 53.2 Å². The monoisotopic (exact) mass is 279 g/mol. The van der Waals surface area contributed by atoms with E-state index in [4.69, 9.17) is 9.47 Å². The summed E-state index contributed by atoms with van der Waals surface area (Å²) in [5.41, 5.74) is 2.37. The van der Waals surface area contributed by atoms with Gasteiger partial charge in [-0.15, -0.1) is 0 Å². The van der Waals surface area contributed by atoms with E-state index in [9.17, 15) is 0 Å². The molecule has 0 heterocycles. The first-order chi connectivity index (χ1) is 9.42. The van der Waals surface area contributed by atoms with Gasteiger partial charge < -0.3 is 14.8 Å². The molecule has 0 aromatic heterocycles. The molecule has 0 aliphatic heterocycles. The van der Waals surface area contributed by atoms with Crippen LogP contribution in [0.2, 0.25) is 0 Å². The van der Waals surface area contributed by atoms with Crippen molar-refractivity contribution in [3.05, 3.63) is 29.3 Å². The Morgan fingerprint density at radius 3 is 2.55 bits per heavy atom. The fourth-order valence-electron chi connectivity index (χ4n) is 1.89. The number of nitrogens with one attached hydrogen (secondary N) is 1. The SMILES string of the molecule is CCCNCc1cc(C)ccc1OCCOC(C)(C)C. The second kappa shape index (κ2) is 8.28. The molecular formula is C17H29NO2. The Bertz CT molecular complexity index is 396. The van der Waals surface area contributed by atoms with Crippen molar-refractivity contribution < 1.29 is 9.47 Å². The Morgan fingerprint density at radius 1 is 1.15 bits per heavy atom. The van der Waals surface area contributed by atoms with Gasteiger partial charge in [0.1, 0.15) is 12.4 Å². The van der Waals surface area contributed by atoms with E-state index in [0.717, 1.165) is 25.3 Å². The standard InChI is InChI=1S/C17H29NO2/c1-6-9-18-13-15-12-14(2)7-8-16(15)19-10-11-20-17(3,4)5/h7-8,12,18H,6,9-11,13H2,1-5H3. The third-order valence-corrected chi connectivity index (χ3v) is 2.83. The Kier molecular flexibility index (Phi) is 7.03. The maximum atomic E-state index is 5.85. The molecule has 1 rings (SSSR count). The van der Waals surface area contributed by atoms with Crippen LogP contribution < -0.4 is 10.1 Å². The van der Waals surface area contributed by atoms with Crippen molar-refractivity contribution in [3.8, 4) is 5.75 Å². The summed E-state index contributed by atoms with van der Waals surface area (Å²) in [5, 5.41) is 3.42. The number of hydrogen-bond acceptors (Lipinski definition) is 3. The molecule has 1 aromatic rings. The van der Waals surface area contributed by atoms with Gasteiger partial charge in [-0.25, -0.2) is 0 Å². The molecule has 0 bridgehead atoms. The first-order valence-electron chi connectivity index (χ1n) is 7.49. The van der Waals surface area contributed by atoms with E-state index in [1.54, 1.807) is 0 Å². The average molecular weight is 279 g/mol. The summed E-state index contributed by atoms with van der Waals surface area (Å²) in [7, 11) is 0. The summed E-state index contributed by atoms with van der Waals surface area (Å²) in [6, 6.07) is 6.32. The second-order valence-electron chi connectivity index (χ2n) is 6.10. The maximum Gasteiger partial charge on any atom is 0.123 e. The van der Waals surface area contributed by atoms with Crippen LogP contribution in [0.3, 0.4) is 0 Å². The summed E-state index contributed by atoms with van der Waals surface area (Å²) >= 11 is 0. The quantitative estimate of drug-likeness (QED) is 0.736. The molecule has 20 heavy (non-hydrogen) atoms. The van der Waals surface area contributed by atoms with E-state index in [2.05, 4.69) is 58.1 Å². The van der Waals surface area contributed by atoms with Gasteiger partial charge in [0.25, 0.3) is 0 Å². The lowest BCUT2D eigenvalue weighted by Gasteiger charge is -2.20. The smallest absolute Gasteiger partial charge is 0.123 e. The molecule has 0 aliphatic carbocycles. The molecule has 0 radical (unpaired) electrons. The van der Waals surface area contributed by atoms with Gasteiger partial charge in [0.15, 0.2) is 0 Å². The molecule has 114 valence electrons. The molecule has 0 spiro atoms. The molecule has 3 nitrogen and oxygen atoms in total. The fraction of sp³-hybridized carbons (Fsp3) is 0.647. The molecule has 0 unspecified atom stereocenters. The minimum Gasteiger partial charge on any atom is -0.491 e. The number of rotatable bonds is 8. The summed E-state index contributed by atoms with van der Waals surface area (Å²) in [6.45, 7) is 13.5. The van der Waals surface area contributed by atoms with Gasteiger partial charge in [-0.3, -0.25) is 0 Å². The van der Waals surface area contributed by atoms with Crippen LogP contribution in [0.25, 0.3) is 0 Å². The van der Waals surface area contributed by atoms with Gasteiger partial charge in [-0.1, -0.05) is 24.6 Å². The normalized spacial score (nSPS) is 11.7. The van der Waals surface area contributed by atoms with Gasteiger partial charge in [-0.05, 0) is 46.7 Å². The van der Waals surface area contributed by atoms with Crippen LogP contribution in [0.15, 0.2) is 18.2 Å². The fourth-order valence-corrected chi connectivity index (χ4v) is 1.89. The first-order valence-corrected chi connectivity index (χ1v) is 7.49. The predicted molar refractivity (Wildman–Crippen MR) is 84.4 cm³/mol. The van der Waals surface area contributed by atoms with Crippen molar-refractivity contribution in [1.82, 2.24) is 5.32 Å². The molecule has 0 amide bonds. The summed E-state index contributed by atoms with van der Waals surface area (Å²) in [6.07, 6.45) is 1.14. The number of hydrogen-bond donors (Lipinski definition) is 1. The van der Waals surface area contributed by atoms with Gasteiger partial charge >= 0.3 is 0 Å². The Labute approximate surface area is 123 Å². The lowest BCUT2D eigenvalue weighted by atomic mass is 10.1. The Hall–Kier alpha value is -1.06. The first kappa shape index (κ1) is 17.0. The van der Waals surface area contributed by atoms with Gasteiger partial charge in [-0.2, -0.15) is 0 Å². The Balaban J connectivity index is 2.51. The lowest BCUT2D eigenvalue weighted by molar-refractivity contribution is -0.0164. The van der Waals surface area contributed by atoms with Crippen LogP contribution >= 0.6 is 0 Å². The molecule has 1 aromatic carbocycles. The molecule has 0 fully saturated rings. The van der Waals surface area contributed by atoms with Crippen molar-refractivity contribution in [1.29, 1.82) is 0 Å². The summed E-state index contributed by atoms with van der Waals surface area (Å²) < 4.78 is 11.5. The maximum absolute atomic E-state index is 5.85. The van der Waals surface area contributed by atoms with E-state index < -0.39 is 0 Å². The summed E-state index contributed by atoms with van der Waals surface area (Å²) in [5.74, 6) is 0.955. The molecule has 3 heteroatoms. The van der Waals surface area contributed by atoms with Gasteiger partial charge in [0.2, 0.25) is 0 Å². The molecule has 1 N–H and O–H groups in total. The lowest BCUT2D eigenvalue weighted by Crippen LogP contribution is -2.22. The molecule has 0 saturated carbocycles. The average Bonchev–Trinajstić information content (AvgIpc) is 2.36. The van der Waals surface area contributed by atoms with Crippen LogP contribution in [0.5, 0.6) is 5.75 Å². The van der Waals surface area contributed by atoms with Crippen LogP contribution in [0, 0.1) is 6.92 Å². The minimum absolute atomic E-state index is 0.109. The zero-order valence-corrected chi connectivity index (χ0v) is 13.6. The van der Waals surface area contributed by atoms with E-state index in [1.165, 1.54) is 11.1 Å². The van der Waals surface area contributed by atoms with Gasteiger partial charge in [0, 0.05) is 12.1 Å². The largest absolute Gasteiger partial charge is 0.491 e. The highest BCUT2D eigenvalue weighted by Gasteiger charge is 2.10. The van der Waals surface area contributed by atoms with E-state index in [-0.39, 0.29) is 5.60 Å². The van der Waals surface area contributed by atoms with Crippen molar-refractivity contribution >= 4 is 0 Å². The molecular weight excluding hydrogens is 250 g/mol. The summed E-state index contributed by atoms with van der Waals surface area (Å²) in [4.78, 5) is 0. The zero-order chi connectivity index (χ0) is 15.0. The topological polar surface area (TPSA) is 30.5 Å². The highest BCUT2D eigenvalue weighted by molar-refractivity contribution is 5.36. The van der Waals surface area contributed by atoms with E-state index in [0.29, 0.717) is 13.2 Å². The van der Waals surface area contributed by atoms with Crippen molar-refractivity contribution in [3.63, 3.8) is 0 Å². The van der Waals surface area contributed by atoms with Crippen LogP contribution in [0.4, 0.5) is 0 Å². The zero-order valence-electron chi connectivity index (χ0n) is 13.6. The molecule has 0 saturated heterocycles. The molecule has 0 aliphatic rings. The second-order valence-corrected chi connectivity index (χ2v) is 6.10. The van der Waals surface area contributed by atoms with Crippen LogP contribution in [-0.2, 0) is 11.3 Å². The van der Waals surface area contributed by atoms with Crippen LogP contribution in [0.1, 0.15) is 45.2 Å². The number of ether oxygens (including phenoxy) is 2. The van der Waals surface area contributed by atoms with Crippen molar-refractivity contribution in [2.75, 3.05) is 19.8 Å². The third-order valence-electron chi connectivity index (χ3n) is 2.83. The number of benzene rings is 1. The molecule has 0 atom stereocenters. The van der Waals surface area contributed by atoms with E-state index >= 15 is 0 Å². The highest BCUT2D eigenvalue weighted by Crippen LogP contribution is 2.20. The number of aryl methyl sites for hydroxylation is 1. The van der Waals surface area contributed by atoms with E-state index in [1.807, 2.05) is 0 Å². The van der Waals surface area contributed by atoms with Crippen LogP contribution in [-0.4, -0.2) is 25.4 Å².